The Labute approximate surface area is 122 Å². The number of para-hydroxylation sites is 1. The van der Waals surface area contributed by atoms with Crippen molar-refractivity contribution < 1.29 is 14.3 Å². The molecule has 1 N–H and O–H groups in total. The zero-order chi connectivity index (χ0) is 14.9. The molecular formula is C16H16N2O3. The van der Waals surface area contributed by atoms with E-state index in [0.29, 0.717) is 17.1 Å². The summed E-state index contributed by atoms with van der Waals surface area (Å²) >= 11 is 0. The second kappa shape index (κ2) is 5.09. The van der Waals surface area contributed by atoms with Crippen LogP contribution >= 0.6 is 0 Å². The Morgan fingerprint density at radius 1 is 1.19 bits per heavy atom. The molecule has 5 nitrogen and oxygen atoms in total. The summed E-state index contributed by atoms with van der Waals surface area (Å²) < 4.78 is 10.7. The highest BCUT2D eigenvalue weighted by Gasteiger charge is 2.28. The Balaban J connectivity index is 1.86. The minimum absolute atomic E-state index is 0.142. The molecule has 3 rings (SSSR count). The summed E-state index contributed by atoms with van der Waals surface area (Å²) in [5.74, 6) is 0.873. The van der Waals surface area contributed by atoms with E-state index in [4.69, 9.17) is 9.47 Å². The summed E-state index contributed by atoms with van der Waals surface area (Å²) in [7, 11) is 0. The first-order valence-electron chi connectivity index (χ1n) is 6.70. The van der Waals surface area contributed by atoms with Crippen molar-refractivity contribution in [3.8, 4) is 11.5 Å². The molecule has 1 aliphatic heterocycles. The number of carbonyl (C=O) groups excluding carboxylic acids is 1. The van der Waals surface area contributed by atoms with Gasteiger partial charge in [0.1, 0.15) is 0 Å². The Morgan fingerprint density at radius 3 is 2.81 bits per heavy atom. The van der Waals surface area contributed by atoms with Gasteiger partial charge in [-0.3, -0.25) is 9.78 Å². The topological polar surface area (TPSA) is 60.5 Å². The lowest BCUT2D eigenvalue weighted by molar-refractivity contribution is 0.0905. The van der Waals surface area contributed by atoms with Gasteiger partial charge in [0, 0.05) is 6.20 Å². The van der Waals surface area contributed by atoms with E-state index >= 15 is 0 Å². The summed E-state index contributed by atoms with van der Waals surface area (Å²) in [6, 6.07) is 10.9. The van der Waals surface area contributed by atoms with Gasteiger partial charge in [0.2, 0.25) is 6.79 Å². The molecule has 0 spiro atoms. The number of pyridine rings is 1. The van der Waals surface area contributed by atoms with Crippen LogP contribution in [0.4, 0.5) is 0 Å². The molecule has 5 heteroatoms. The van der Waals surface area contributed by atoms with Crippen molar-refractivity contribution in [2.45, 2.75) is 19.4 Å². The van der Waals surface area contributed by atoms with Crippen molar-refractivity contribution in [3.63, 3.8) is 0 Å². The molecule has 2 aromatic rings. The molecular weight excluding hydrogens is 268 g/mol. The smallest absolute Gasteiger partial charge is 0.255 e. The van der Waals surface area contributed by atoms with Gasteiger partial charge in [0.05, 0.1) is 16.8 Å². The maximum atomic E-state index is 12.5. The Kier molecular flexibility index (Phi) is 3.25. The van der Waals surface area contributed by atoms with Gasteiger partial charge < -0.3 is 14.8 Å². The molecule has 0 saturated carbocycles. The van der Waals surface area contributed by atoms with Crippen molar-refractivity contribution >= 4 is 5.91 Å². The van der Waals surface area contributed by atoms with E-state index in [1.54, 1.807) is 24.4 Å². The zero-order valence-electron chi connectivity index (χ0n) is 11.9. The average molecular weight is 284 g/mol. The maximum absolute atomic E-state index is 12.5. The number of ether oxygens (including phenoxy) is 2. The van der Waals surface area contributed by atoms with Crippen molar-refractivity contribution in [1.82, 2.24) is 10.3 Å². The summed E-state index contributed by atoms with van der Waals surface area (Å²) in [5, 5.41) is 2.98. The van der Waals surface area contributed by atoms with Crippen LogP contribution in [0.25, 0.3) is 0 Å². The minimum Gasteiger partial charge on any atom is -0.454 e. The molecule has 0 radical (unpaired) electrons. The number of rotatable bonds is 3. The predicted octanol–water partition coefficient (Wildman–Crippen LogP) is 2.48. The van der Waals surface area contributed by atoms with E-state index in [1.165, 1.54) is 0 Å². The predicted molar refractivity (Wildman–Crippen MR) is 77.3 cm³/mol. The van der Waals surface area contributed by atoms with Crippen molar-refractivity contribution in [1.29, 1.82) is 0 Å². The van der Waals surface area contributed by atoms with Crippen LogP contribution in [0.2, 0.25) is 0 Å². The standard InChI is InChI=1S/C16H16N2O3/c1-16(2,13-8-3-4-9-17-13)18-15(19)11-6-5-7-12-14(11)21-10-20-12/h3-9H,10H2,1-2H3,(H,18,19). The molecule has 0 aliphatic carbocycles. The summed E-state index contributed by atoms with van der Waals surface area (Å²) in [5.41, 5.74) is 0.678. The maximum Gasteiger partial charge on any atom is 0.255 e. The second-order valence-corrected chi connectivity index (χ2v) is 5.33. The molecule has 1 aromatic heterocycles. The molecule has 0 saturated heterocycles. The van der Waals surface area contributed by atoms with Gasteiger partial charge >= 0.3 is 0 Å². The van der Waals surface area contributed by atoms with E-state index in [0.717, 1.165) is 5.69 Å². The first kappa shape index (κ1) is 13.4. The van der Waals surface area contributed by atoms with Crippen molar-refractivity contribution in [2.75, 3.05) is 6.79 Å². The molecule has 2 heterocycles. The van der Waals surface area contributed by atoms with Crippen LogP contribution in [0.15, 0.2) is 42.6 Å². The fourth-order valence-corrected chi connectivity index (χ4v) is 2.26. The van der Waals surface area contributed by atoms with Gasteiger partial charge in [0.25, 0.3) is 5.91 Å². The Bertz CT molecular complexity index is 668. The molecule has 0 atom stereocenters. The first-order chi connectivity index (χ1) is 10.1. The molecule has 1 amide bonds. The summed E-state index contributed by atoms with van der Waals surface area (Å²) in [6.07, 6.45) is 1.71. The van der Waals surface area contributed by atoms with Crippen LogP contribution in [-0.2, 0) is 5.54 Å². The van der Waals surface area contributed by atoms with Crippen molar-refractivity contribution in [2.24, 2.45) is 0 Å². The van der Waals surface area contributed by atoms with Gasteiger partial charge in [-0.05, 0) is 38.1 Å². The molecule has 21 heavy (non-hydrogen) atoms. The highest BCUT2D eigenvalue weighted by atomic mass is 16.7. The number of amides is 1. The highest BCUT2D eigenvalue weighted by molar-refractivity contribution is 5.98. The molecule has 0 fully saturated rings. The van der Waals surface area contributed by atoms with Crippen molar-refractivity contribution in [3.05, 3.63) is 53.9 Å². The monoisotopic (exact) mass is 284 g/mol. The van der Waals surface area contributed by atoms with E-state index in [1.807, 2.05) is 32.0 Å². The fraction of sp³-hybridized carbons (Fsp3) is 0.250. The van der Waals surface area contributed by atoms with E-state index in [-0.39, 0.29) is 12.7 Å². The quantitative estimate of drug-likeness (QED) is 0.940. The zero-order valence-corrected chi connectivity index (χ0v) is 11.9. The highest BCUT2D eigenvalue weighted by Crippen LogP contribution is 2.35. The number of nitrogens with zero attached hydrogens (tertiary/aromatic N) is 1. The lowest BCUT2D eigenvalue weighted by Gasteiger charge is -2.25. The number of hydrogen-bond acceptors (Lipinski definition) is 4. The van der Waals surface area contributed by atoms with Gasteiger partial charge in [-0.15, -0.1) is 0 Å². The summed E-state index contributed by atoms with van der Waals surface area (Å²) in [4.78, 5) is 16.8. The minimum atomic E-state index is -0.583. The molecule has 0 unspecified atom stereocenters. The number of nitrogens with one attached hydrogen (secondary N) is 1. The third-order valence-electron chi connectivity index (χ3n) is 3.37. The third kappa shape index (κ3) is 2.54. The number of hydrogen-bond donors (Lipinski definition) is 1. The Hall–Kier alpha value is -2.56. The van der Waals surface area contributed by atoms with Gasteiger partial charge in [-0.2, -0.15) is 0 Å². The second-order valence-electron chi connectivity index (χ2n) is 5.33. The molecule has 1 aliphatic rings. The van der Waals surface area contributed by atoms with E-state index < -0.39 is 5.54 Å². The van der Waals surface area contributed by atoms with Gasteiger partial charge in [-0.1, -0.05) is 12.1 Å². The lowest BCUT2D eigenvalue weighted by Crippen LogP contribution is -2.41. The van der Waals surface area contributed by atoms with Gasteiger partial charge in [-0.25, -0.2) is 0 Å². The van der Waals surface area contributed by atoms with Crippen LogP contribution in [0.1, 0.15) is 29.9 Å². The van der Waals surface area contributed by atoms with Crippen LogP contribution in [0.5, 0.6) is 11.5 Å². The molecule has 0 bridgehead atoms. The van der Waals surface area contributed by atoms with E-state index in [2.05, 4.69) is 10.3 Å². The lowest BCUT2D eigenvalue weighted by atomic mass is 9.99. The largest absolute Gasteiger partial charge is 0.454 e. The third-order valence-corrected chi connectivity index (χ3v) is 3.37. The Morgan fingerprint density at radius 2 is 2.05 bits per heavy atom. The number of fused-ring (bicyclic) bond motifs is 1. The molecule has 1 aromatic carbocycles. The SMILES string of the molecule is CC(C)(NC(=O)c1cccc2c1OCO2)c1ccccn1. The van der Waals surface area contributed by atoms with Crippen LogP contribution in [-0.4, -0.2) is 17.7 Å². The van der Waals surface area contributed by atoms with E-state index in [9.17, 15) is 4.79 Å². The number of carbonyl (C=O) groups is 1. The van der Waals surface area contributed by atoms with Crippen LogP contribution in [0.3, 0.4) is 0 Å². The normalized spacial score (nSPS) is 13.0. The number of aromatic nitrogens is 1. The average Bonchev–Trinajstić information content (AvgIpc) is 2.96. The van der Waals surface area contributed by atoms with Crippen LogP contribution < -0.4 is 14.8 Å². The van der Waals surface area contributed by atoms with Gasteiger partial charge in [0.15, 0.2) is 11.5 Å². The molecule has 108 valence electrons. The fourth-order valence-electron chi connectivity index (χ4n) is 2.26. The number of benzene rings is 1. The summed E-state index contributed by atoms with van der Waals surface area (Å²) in [6.45, 7) is 3.96. The first-order valence-corrected chi connectivity index (χ1v) is 6.70. The van der Waals surface area contributed by atoms with Crippen LogP contribution in [0, 0.1) is 0 Å².